The Kier molecular flexibility index (Phi) is 3.48. The standard InChI is InChI=1S/C17H19N5O3/c1-9(2)14-19-20-15-10(3)21(6-7-22(14)15)16(23)11-4-5-13-12(8-11)18-17(24)25-13/h4-5,8-10H,6-7H2,1-3H3,(H,18,24). The van der Waals surface area contributed by atoms with Gasteiger partial charge in [-0.05, 0) is 25.1 Å². The Hall–Kier alpha value is -2.90. The summed E-state index contributed by atoms with van der Waals surface area (Å²) in [4.78, 5) is 28.6. The van der Waals surface area contributed by atoms with Gasteiger partial charge in [0.2, 0.25) is 0 Å². The summed E-state index contributed by atoms with van der Waals surface area (Å²) in [5, 5.41) is 8.58. The minimum Gasteiger partial charge on any atom is -0.408 e. The van der Waals surface area contributed by atoms with Crippen LogP contribution in [0.25, 0.3) is 11.1 Å². The minimum absolute atomic E-state index is 0.100. The molecule has 130 valence electrons. The monoisotopic (exact) mass is 341 g/mol. The molecule has 0 saturated heterocycles. The summed E-state index contributed by atoms with van der Waals surface area (Å²) in [5.74, 6) is 1.42. The third-order valence-electron chi connectivity index (χ3n) is 4.66. The summed E-state index contributed by atoms with van der Waals surface area (Å²) in [6.07, 6.45) is 0. The van der Waals surface area contributed by atoms with Crippen molar-refractivity contribution in [2.24, 2.45) is 0 Å². The van der Waals surface area contributed by atoms with Crippen molar-refractivity contribution < 1.29 is 9.21 Å². The van der Waals surface area contributed by atoms with Crippen LogP contribution in [-0.2, 0) is 6.54 Å². The summed E-state index contributed by atoms with van der Waals surface area (Å²) in [7, 11) is 0. The van der Waals surface area contributed by atoms with Gasteiger partial charge in [0, 0.05) is 24.6 Å². The Morgan fingerprint density at radius 1 is 1.32 bits per heavy atom. The van der Waals surface area contributed by atoms with Crippen molar-refractivity contribution in [1.29, 1.82) is 0 Å². The molecule has 1 aliphatic rings. The molecule has 0 spiro atoms. The third-order valence-corrected chi connectivity index (χ3v) is 4.66. The number of carbonyl (C=O) groups excluding carboxylic acids is 1. The minimum atomic E-state index is -0.528. The van der Waals surface area contributed by atoms with Gasteiger partial charge in [0.1, 0.15) is 5.82 Å². The SMILES string of the molecule is CC(C)c1nnc2n1CCN(C(=O)c1ccc3oc(=O)[nH]c3c1)C2C. The molecular formula is C17H19N5O3. The van der Waals surface area contributed by atoms with E-state index in [0.29, 0.717) is 29.8 Å². The van der Waals surface area contributed by atoms with E-state index >= 15 is 0 Å². The molecule has 0 bridgehead atoms. The zero-order valence-electron chi connectivity index (χ0n) is 14.3. The molecule has 8 nitrogen and oxygen atoms in total. The third kappa shape index (κ3) is 2.45. The second-order valence-corrected chi connectivity index (χ2v) is 6.62. The van der Waals surface area contributed by atoms with Gasteiger partial charge in [0.15, 0.2) is 11.4 Å². The second kappa shape index (κ2) is 5.58. The summed E-state index contributed by atoms with van der Waals surface area (Å²) in [6, 6.07) is 4.79. The number of hydrogen-bond acceptors (Lipinski definition) is 5. The molecule has 4 rings (SSSR count). The summed E-state index contributed by atoms with van der Waals surface area (Å²) in [5.41, 5.74) is 1.47. The van der Waals surface area contributed by atoms with Gasteiger partial charge in [-0.15, -0.1) is 10.2 Å². The quantitative estimate of drug-likeness (QED) is 0.769. The maximum atomic E-state index is 13.0. The number of amides is 1. The maximum absolute atomic E-state index is 13.0. The van der Waals surface area contributed by atoms with E-state index in [4.69, 9.17) is 4.42 Å². The highest BCUT2D eigenvalue weighted by Gasteiger charge is 2.32. The fourth-order valence-electron chi connectivity index (χ4n) is 3.36. The molecule has 0 saturated carbocycles. The van der Waals surface area contributed by atoms with Crippen LogP contribution in [-0.4, -0.2) is 37.1 Å². The van der Waals surface area contributed by atoms with Crippen molar-refractivity contribution >= 4 is 17.0 Å². The van der Waals surface area contributed by atoms with Crippen molar-refractivity contribution in [2.45, 2.75) is 39.3 Å². The van der Waals surface area contributed by atoms with Crippen molar-refractivity contribution in [3.63, 3.8) is 0 Å². The average molecular weight is 341 g/mol. The Balaban J connectivity index is 1.66. The number of benzene rings is 1. The fraction of sp³-hybridized carbons (Fsp3) is 0.412. The van der Waals surface area contributed by atoms with Crippen LogP contribution in [0.4, 0.5) is 0 Å². The lowest BCUT2D eigenvalue weighted by molar-refractivity contribution is 0.0636. The number of hydrogen-bond donors (Lipinski definition) is 1. The molecule has 1 aliphatic heterocycles. The predicted octanol–water partition coefficient (Wildman–Crippen LogP) is 2.05. The Morgan fingerprint density at radius 3 is 2.88 bits per heavy atom. The smallest absolute Gasteiger partial charge is 0.408 e. The van der Waals surface area contributed by atoms with Crippen LogP contribution < -0.4 is 5.76 Å². The number of aromatic amines is 1. The fourth-order valence-corrected chi connectivity index (χ4v) is 3.36. The molecule has 1 atom stereocenters. The maximum Gasteiger partial charge on any atom is 0.417 e. The van der Waals surface area contributed by atoms with Gasteiger partial charge in [0.25, 0.3) is 5.91 Å². The van der Waals surface area contributed by atoms with E-state index in [0.717, 1.165) is 11.6 Å². The van der Waals surface area contributed by atoms with Gasteiger partial charge in [-0.2, -0.15) is 0 Å². The van der Waals surface area contributed by atoms with Crippen LogP contribution in [0.2, 0.25) is 0 Å². The molecule has 1 aromatic carbocycles. The van der Waals surface area contributed by atoms with Crippen LogP contribution in [0.3, 0.4) is 0 Å². The normalized spacial score (nSPS) is 17.3. The molecule has 3 heterocycles. The molecule has 3 aromatic rings. The van der Waals surface area contributed by atoms with E-state index in [-0.39, 0.29) is 17.9 Å². The van der Waals surface area contributed by atoms with Crippen LogP contribution >= 0.6 is 0 Å². The van der Waals surface area contributed by atoms with Gasteiger partial charge >= 0.3 is 5.76 Å². The van der Waals surface area contributed by atoms with E-state index in [1.807, 2.05) is 6.92 Å². The van der Waals surface area contributed by atoms with E-state index in [2.05, 4.69) is 33.6 Å². The number of nitrogens with zero attached hydrogens (tertiary/aromatic N) is 4. The topological polar surface area (TPSA) is 97.0 Å². The van der Waals surface area contributed by atoms with E-state index < -0.39 is 5.76 Å². The second-order valence-electron chi connectivity index (χ2n) is 6.62. The molecular weight excluding hydrogens is 322 g/mol. The Morgan fingerprint density at radius 2 is 2.12 bits per heavy atom. The summed E-state index contributed by atoms with van der Waals surface area (Å²) >= 11 is 0. The number of carbonyl (C=O) groups is 1. The molecule has 2 aromatic heterocycles. The number of H-pyrrole nitrogens is 1. The lowest BCUT2D eigenvalue weighted by Crippen LogP contribution is -2.41. The first-order valence-corrected chi connectivity index (χ1v) is 8.32. The first-order chi connectivity index (χ1) is 12.0. The lowest BCUT2D eigenvalue weighted by Gasteiger charge is -2.34. The first-order valence-electron chi connectivity index (χ1n) is 8.32. The van der Waals surface area contributed by atoms with E-state index in [9.17, 15) is 9.59 Å². The summed E-state index contributed by atoms with van der Waals surface area (Å²) in [6.45, 7) is 7.39. The van der Waals surface area contributed by atoms with Crippen LogP contribution in [0, 0.1) is 0 Å². The zero-order valence-corrected chi connectivity index (χ0v) is 14.3. The highest BCUT2D eigenvalue weighted by molar-refractivity contribution is 5.97. The lowest BCUT2D eigenvalue weighted by atomic mass is 10.1. The molecule has 1 amide bonds. The van der Waals surface area contributed by atoms with Crippen LogP contribution in [0.1, 0.15) is 54.7 Å². The van der Waals surface area contributed by atoms with Gasteiger partial charge in [-0.25, -0.2) is 4.79 Å². The zero-order chi connectivity index (χ0) is 17.7. The van der Waals surface area contributed by atoms with Gasteiger partial charge in [-0.3, -0.25) is 9.78 Å². The van der Waals surface area contributed by atoms with Crippen LogP contribution in [0.5, 0.6) is 0 Å². The molecule has 0 radical (unpaired) electrons. The van der Waals surface area contributed by atoms with Crippen molar-refractivity contribution in [3.8, 4) is 0 Å². The highest BCUT2D eigenvalue weighted by Crippen LogP contribution is 2.28. The van der Waals surface area contributed by atoms with E-state index in [1.165, 1.54) is 0 Å². The van der Waals surface area contributed by atoms with E-state index in [1.54, 1.807) is 23.1 Å². The van der Waals surface area contributed by atoms with Gasteiger partial charge in [-0.1, -0.05) is 13.8 Å². The largest absolute Gasteiger partial charge is 0.417 e. The molecule has 0 fully saturated rings. The molecule has 25 heavy (non-hydrogen) atoms. The summed E-state index contributed by atoms with van der Waals surface area (Å²) < 4.78 is 7.09. The van der Waals surface area contributed by atoms with Crippen LogP contribution in [0.15, 0.2) is 27.4 Å². The Bertz CT molecular complexity index is 1010. The Labute approximate surface area is 143 Å². The molecule has 1 N–H and O–H groups in total. The number of rotatable bonds is 2. The van der Waals surface area contributed by atoms with Gasteiger partial charge in [0.05, 0.1) is 11.6 Å². The molecule has 0 aliphatic carbocycles. The molecule has 8 heteroatoms. The van der Waals surface area contributed by atoms with Gasteiger partial charge < -0.3 is 13.9 Å². The van der Waals surface area contributed by atoms with Crippen molar-refractivity contribution in [2.75, 3.05) is 6.54 Å². The van der Waals surface area contributed by atoms with Crippen molar-refractivity contribution in [1.82, 2.24) is 24.6 Å². The number of aromatic nitrogens is 4. The number of oxazole rings is 1. The molecule has 1 unspecified atom stereocenters. The number of fused-ring (bicyclic) bond motifs is 2. The first kappa shape index (κ1) is 15.6. The predicted molar refractivity (Wildman–Crippen MR) is 90.4 cm³/mol. The highest BCUT2D eigenvalue weighted by atomic mass is 16.4. The number of nitrogens with one attached hydrogen (secondary N) is 1. The average Bonchev–Trinajstić information content (AvgIpc) is 3.16. The van der Waals surface area contributed by atoms with Crippen molar-refractivity contribution in [3.05, 3.63) is 46.0 Å².